The molecule has 2 atom stereocenters. The molecular formula is C15H19N3OS. The van der Waals surface area contributed by atoms with E-state index in [1.165, 1.54) is 0 Å². The molecule has 3 rings (SSSR count). The van der Waals surface area contributed by atoms with Gasteiger partial charge in [0.1, 0.15) is 5.82 Å². The van der Waals surface area contributed by atoms with Gasteiger partial charge in [0.15, 0.2) is 5.69 Å². The number of aryl methyl sites for hydroxylation is 1. The molecule has 2 aromatic heterocycles. The number of fused-ring (bicyclic) bond motifs is 1. The van der Waals surface area contributed by atoms with Crippen LogP contribution in [-0.4, -0.2) is 43.8 Å². The smallest absolute Gasteiger partial charge is 0.275 e. The first-order chi connectivity index (χ1) is 9.59. The SMILES string of the molecule is Cc1nc(C(=O)N2CCS[C@@H](C)[C@H]2C)c2ccccn12. The minimum absolute atomic E-state index is 0.0569. The van der Waals surface area contributed by atoms with Gasteiger partial charge in [-0.15, -0.1) is 0 Å². The van der Waals surface area contributed by atoms with Crippen LogP contribution in [-0.2, 0) is 0 Å². The van der Waals surface area contributed by atoms with Crippen molar-refractivity contribution in [1.29, 1.82) is 0 Å². The number of imidazole rings is 1. The summed E-state index contributed by atoms with van der Waals surface area (Å²) in [6, 6.07) is 6.12. The predicted molar refractivity (Wildman–Crippen MR) is 82.3 cm³/mol. The number of nitrogens with zero attached hydrogens (tertiary/aromatic N) is 3. The number of carbonyl (C=O) groups excluding carboxylic acids is 1. The molecule has 4 nitrogen and oxygen atoms in total. The number of hydrogen-bond donors (Lipinski definition) is 0. The van der Waals surface area contributed by atoms with Crippen molar-refractivity contribution in [2.75, 3.05) is 12.3 Å². The number of pyridine rings is 1. The van der Waals surface area contributed by atoms with Crippen molar-refractivity contribution in [3.8, 4) is 0 Å². The zero-order chi connectivity index (χ0) is 14.3. The van der Waals surface area contributed by atoms with Gasteiger partial charge in [-0.1, -0.05) is 13.0 Å². The molecule has 106 valence electrons. The summed E-state index contributed by atoms with van der Waals surface area (Å²) in [5.74, 6) is 1.92. The molecule has 20 heavy (non-hydrogen) atoms. The van der Waals surface area contributed by atoms with E-state index >= 15 is 0 Å². The molecule has 2 aromatic rings. The molecule has 5 heteroatoms. The fourth-order valence-electron chi connectivity index (χ4n) is 2.70. The van der Waals surface area contributed by atoms with Crippen LogP contribution in [0.1, 0.15) is 30.2 Å². The summed E-state index contributed by atoms with van der Waals surface area (Å²) in [4.78, 5) is 19.3. The van der Waals surface area contributed by atoms with E-state index in [1.54, 1.807) is 0 Å². The third-order valence-electron chi connectivity index (χ3n) is 4.07. The second-order valence-electron chi connectivity index (χ2n) is 5.28. The molecule has 3 heterocycles. The van der Waals surface area contributed by atoms with Gasteiger partial charge in [0.05, 0.1) is 5.52 Å². The van der Waals surface area contributed by atoms with E-state index in [0.29, 0.717) is 10.9 Å². The van der Waals surface area contributed by atoms with E-state index in [4.69, 9.17) is 0 Å². The zero-order valence-electron chi connectivity index (χ0n) is 12.0. The van der Waals surface area contributed by atoms with Crippen molar-refractivity contribution in [2.45, 2.75) is 32.1 Å². The average molecular weight is 289 g/mol. The quantitative estimate of drug-likeness (QED) is 0.810. The van der Waals surface area contributed by atoms with E-state index in [-0.39, 0.29) is 11.9 Å². The summed E-state index contributed by atoms with van der Waals surface area (Å²) in [7, 11) is 0. The van der Waals surface area contributed by atoms with Crippen LogP contribution in [0.4, 0.5) is 0 Å². The van der Waals surface area contributed by atoms with E-state index in [9.17, 15) is 4.79 Å². The molecule has 0 bridgehead atoms. The number of aromatic nitrogens is 2. The van der Waals surface area contributed by atoms with Gasteiger partial charge >= 0.3 is 0 Å². The normalized spacial score (nSPS) is 23.2. The highest BCUT2D eigenvalue weighted by Gasteiger charge is 2.31. The summed E-state index contributed by atoms with van der Waals surface area (Å²) in [6.45, 7) is 7.05. The standard InChI is InChI=1S/C15H19N3OS/c1-10-11(2)20-9-8-17(10)15(19)14-13-6-4-5-7-18(13)12(3)16-14/h4-7,10-11H,8-9H2,1-3H3/t10-,11+/m1/s1. The van der Waals surface area contributed by atoms with Crippen molar-refractivity contribution in [3.05, 3.63) is 35.9 Å². The summed E-state index contributed by atoms with van der Waals surface area (Å²) in [5.41, 5.74) is 1.47. The maximum Gasteiger partial charge on any atom is 0.275 e. The first-order valence-electron chi connectivity index (χ1n) is 6.96. The molecule has 1 aliphatic heterocycles. The van der Waals surface area contributed by atoms with Crippen LogP contribution in [0.25, 0.3) is 5.52 Å². The Bertz CT molecular complexity index is 652. The number of rotatable bonds is 1. The van der Waals surface area contributed by atoms with Crippen LogP contribution in [0.3, 0.4) is 0 Å². The Morgan fingerprint density at radius 3 is 3.00 bits per heavy atom. The Balaban J connectivity index is 2.00. The van der Waals surface area contributed by atoms with Crippen LogP contribution in [0.15, 0.2) is 24.4 Å². The van der Waals surface area contributed by atoms with E-state index in [0.717, 1.165) is 23.6 Å². The molecule has 0 spiro atoms. The third kappa shape index (κ3) is 2.10. The molecule has 1 aliphatic rings. The van der Waals surface area contributed by atoms with Gasteiger partial charge < -0.3 is 9.30 Å². The molecule has 1 fully saturated rings. The van der Waals surface area contributed by atoms with Crippen LogP contribution in [0.5, 0.6) is 0 Å². The monoisotopic (exact) mass is 289 g/mol. The third-order valence-corrected chi connectivity index (χ3v) is 5.41. The fourth-order valence-corrected chi connectivity index (χ4v) is 3.80. The summed E-state index contributed by atoms with van der Waals surface area (Å²) in [5, 5.41) is 0.475. The molecule has 0 unspecified atom stereocenters. The highest BCUT2D eigenvalue weighted by atomic mass is 32.2. The highest BCUT2D eigenvalue weighted by molar-refractivity contribution is 8.00. The lowest BCUT2D eigenvalue weighted by Crippen LogP contribution is -2.48. The average Bonchev–Trinajstić information content (AvgIpc) is 2.79. The van der Waals surface area contributed by atoms with Crippen molar-refractivity contribution < 1.29 is 4.79 Å². The number of hydrogen-bond acceptors (Lipinski definition) is 3. The van der Waals surface area contributed by atoms with E-state index < -0.39 is 0 Å². The Kier molecular flexibility index (Phi) is 3.46. The maximum absolute atomic E-state index is 12.8. The minimum atomic E-state index is 0.0569. The Morgan fingerprint density at radius 1 is 1.40 bits per heavy atom. The van der Waals surface area contributed by atoms with Crippen LogP contribution in [0, 0.1) is 6.92 Å². The van der Waals surface area contributed by atoms with Gasteiger partial charge in [0, 0.05) is 29.8 Å². The Labute approximate surface area is 123 Å². The molecule has 1 saturated heterocycles. The molecule has 0 N–H and O–H groups in total. The second kappa shape index (κ2) is 5.13. The minimum Gasteiger partial charge on any atom is -0.333 e. The van der Waals surface area contributed by atoms with Crippen LogP contribution in [0.2, 0.25) is 0 Å². The summed E-state index contributed by atoms with van der Waals surface area (Å²) >= 11 is 1.93. The number of thioether (sulfide) groups is 1. The lowest BCUT2D eigenvalue weighted by Gasteiger charge is -2.37. The van der Waals surface area contributed by atoms with Crippen molar-refractivity contribution in [3.63, 3.8) is 0 Å². The molecular weight excluding hydrogens is 270 g/mol. The first kappa shape index (κ1) is 13.5. The molecule has 0 radical (unpaired) electrons. The lowest BCUT2D eigenvalue weighted by molar-refractivity contribution is 0.0694. The topological polar surface area (TPSA) is 37.6 Å². The van der Waals surface area contributed by atoms with Crippen molar-refractivity contribution >= 4 is 23.2 Å². The van der Waals surface area contributed by atoms with Gasteiger partial charge in [0.2, 0.25) is 0 Å². The number of amides is 1. The van der Waals surface area contributed by atoms with Gasteiger partial charge in [-0.05, 0) is 26.0 Å². The maximum atomic E-state index is 12.8. The number of carbonyl (C=O) groups is 1. The van der Waals surface area contributed by atoms with Crippen molar-refractivity contribution in [1.82, 2.24) is 14.3 Å². The fraction of sp³-hybridized carbons (Fsp3) is 0.467. The zero-order valence-corrected chi connectivity index (χ0v) is 12.9. The van der Waals surface area contributed by atoms with Gasteiger partial charge in [-0.3, -0.25) is 4.79 Å². The molecule has 0 aliphatic carbocycles. The summed E-state index contributed by atoms with van der Waals surface area (Å²) in [6.07, 6.45) is 1.95. The van der Waals surface area contributed by atoms with Crippen LogP contribution >= 0.6 is 11.8 Å². The van der Waals surface area contributed by atoms with Gasteiger partial charge in [0.25, 0.3) is 5.91 Å². The molecule has 0 saturated carbocycles. The predicted octanol–water partition coefficient (Wildman–Crippen LogP) is 2.61. The molecule has 1 amide bonds. The van der Waals surface area contributed by atoms with E-state index in [1.807, 2.05) is 52.4 Å². The van der Waals surface area contributed by atoms with E-state index in [2.05, 4.69) is 18.8 Å². The van der Waals surface area contributed by atoms with Gasteiger partial charge in [-0.25, -0.2) is 4.98 Å². The Hall–Kier alpha value is -1.49. The Morgan fingerprint density at radius 2 is 2.20 bits per heavy atom. The lowest BCUT2D eigenvalue weighted by atomic mass is 10.2. The largest absolute Gasteiger partial charge is 0.333 e. The van der Waals surface area contributed by atoms with Gasteiger partial charge in [-0.2, -0.15) is 11.8 Å². The summed E-state index contributed by atoms with van der Waals surface area (Å²) < 4.78 is 1.97. The van der Waals surface area contributed by atoms with Crippen molar-refractivity contribution in [2.24, 2.45) is 0 Å². The first-order valence-corrected chi connectivity index (χ1v) is 8.00. The molecule has 0 aromatic carbocycles. The second-order valence-corrected chi connectivity index (χ2v) is 6.76. The van der Waals surface area contributed by atoms with Crippen LogP contribution < -0.4 is 0 Å². The highest BCUT2D eigenvalue weighted by Crippen LogP contribution is 2.26.